The zero-order valence-electron chi connectivity index (χ0n) is 18.0. The minimum atomic E-state index is 0.318. The van der Waals surface area contributed by atoms with Crippen LogP contribution in [0.3, 0.4) is 0 Å². The molecule has 0 N–H and O–H groups in total. The van der Waals surface area contributed by atoms with Crippen molar-refractivity contribution < 1.29 is 4.79 Å². The molecule has 3 heterocycles. The average Bonchev–Trinajstić information content (AvgIpc) is 2.62. The Morgan fingerprint density at radius 1 is 0.929 bits per heavy atom. The Morgan fingerprint density at radius 2 is 1.54 bits per heavy atom. The lowest BCUT2D eigenvalue weighted by Gasteiger charge is -2.61. The van der Waals surface area contributed by atoms with E-state index in [4.69, 9.17) is 0 Å². The second kappa shape index (κ2) is 7.68. The molecule has 0 atom stereocenters. The molecule has 4 rings (SSSR count). The molecular weight excluding hydrogens is 348 g/mol. The fourth-order valence-corrected chi connectivity index (χ4v) is 5.01. The summed E-state index contributed by atoms with van der Waals surface area (Å²) in [6, 6.07) is 9.62. The molecule has 0 aromatic heterocycles. The summed E-state index contributed by atoms with van der Waals surface area (Å²) >= 11 is 0. The summed E-state index contributed by atoms with van der Waals surface area (Å²) in [7, 11) is 0. The van der Waals surface area contributed by atoms with Crippen molar-refractivity contribution in [3.8, 4) is 0 Å². The molecular formula is C23H36N4O. The van der Waals surface area contributed by atoms with Crippen LogP contribution in [0.4, 0.5) is 5.69 Å². The maximum absolute atomic E-state index is 12.6. The van der Waals surface area contributed by atoms with Gasteiger partial charge in [0.2, 0.25) is 5.91 Å². The fourth-order valence-electron chi connectivity index (χ4n) is 5.01. The molecule has 1 aromatic carbocycles. The van der Waals surface area contributed by atoms with Crippen LogP contribution in [0.25, 0.3) is 0 Å². The second-order valence-corrected chi connectivity index (χ2v) is 9.76. The van der Waals surface area contributed by atoms with Gasteiger partial charge in [-0.15, -0.1) is 0 Å². The van der Waals surface area contributed by atoms with Crippen LogP contribution in [0.5, 0.6) is 0 Å². The Kier molecular flexibility index (Phi) is 5.41. The maximum atomic E-state index is 12.6. The number of amides is 1. The van der Waals surface area contributed by atoms with Crippen molar-refractivity contribution in [3.63, 3.8) is 0 Å². The lowest BCUT2D eigenvalue weighted by atomic mass is 9.72. The molecule has 0 aliphatic carbocycles. The number of hydrogen-bond donors (Lipinski definition) is 0. The van der Waals surface area contributed by atoms with Gasteiger partial charge >= 0.3 is 0 Å². The van der Waals surface area contributed by atoms with E-state index in [0.29, 0.717) is 29.8 Å². The van der Waals surface area contributed by atoms with Gasteiger partial charge in [0, 0.05) is 69.5 Å². The van der Waals surface area contributed by atoms with E-state index in [9.17, 15) is 4.79 Å². The Morgan fingerprint density at radius 3 is 2.07 bits per heavy atom. The average molecular weight is 385 g/mol. The van der Waals surface area contributed by atoms with Gasteiger partial charge in [0.15, 0.2) is 0 Å². The van der Waals surface area contributed by atoms with Gasteiger partial charge in [-0.25, -0.2) is 0 Å². The van der Waals surface area contributed by atoms with E-state index in [1.807, 2.05) is 0 Å². The minimum absolute atomic E-state index is 0.318. The predicted molar refractivity (Wildman–Crippen MR) is 115 cm³/mol. The molecule has 0 unspecified atom stereocenters. The van der Waals surface area contributed by atoms with E-state index in [1.54, 1.807) is 0 Å². The zero-order valence-corrected chi connectivity index (χ0v) is 18.0. The first-order chi connectivity index (χ1) is 13.3. The summed E-state index contributed by atoms with van der Waals surface area (Å²) in [5.41, 5.74) is 3.17. The van der Waals surface area contributed by atoms with Crippen molar-refractivity contribution in [1.29, 1.82) is 0 Å². The largest absolute Gasteiger partial charge is 0.370 e. The number of likely N-dealkylation sites (tertiary alicyclic amines) is 1. The topological polar surface area (TPSA) is 30.0 Å². The molecule has 5 heteroatoms. The van der Waals surface area contributed by atoms with Crippen molar-refractivity contribution in [3.05, 3.63) is 29.8 Å². The maximum Gasteiger partial charge on any atom is 0.236 e. The molecule has 3 aliphatic heterocycles. The zero-order chi connectivity index (χ0) is 19.9. The lowest BCUT2D eigenvalue weighted by molar-refractivity contribution is -0.138. The van der Waals surface area contributed by atoms with Crippen LogP contribution in [0.15, 0.2) is 24.3 Å². The molecule has 1 amide bonds. The van der Waals surface area contributed by atoms with Gasteiger partial charge in [-0.1, -0.05) is 26.0 Å². The van der Waals surface area contributed by atoms with Crippen LogP contribution in [0, 0.1) is 5.41 Å². The van der Waals surface area contributed by atoms with Gasteiger partial charge in [-0.2, -0.15) is 0 Å². The molecule has 1 spiro atoms. The molecule has 3 fully saturated rings. The quantitative estimate of drug-likeness (QED) is 0.780. The van der Waals surface area contributed by atoms with Crippen LogP contribution < -0.4 is 4.90 Å². The normalized spacial score (nSPS) is 22.6. The van der Waals surface area contributed by atoms with Crippen molar-refractivity contribution in [2.75, 3.05) is 63.8 Å². The monoisotopic (exact) mass is 384 g/mol. The third kappa shape index (κ3) is 3.92. The minimum Gasteiger partial charge on any atom is -0.370 e. The number of anilines is 1. The van der Waals surface area contributed by atoms with Crippen LogP contribution in [0.1, 0.15) is 39.2 Å². The van der Waals surface area contributed by atoms with Gasteiger partial charge in [0.05, 0.1) is 6.54 Å². The van der Waals surface area contributed by atoms with E-state index < -0.39 is 0 Å². The van der Waals surface area contributed by atoms with Crippen molar-refractivity contribution in [1.82, 2.24) is 14.7 Å². The smallest absolute Gasteiger partial charge is 0.236 e. The van der Waals surface area contributed by atoms with Crippen LogP contribution in [-0.4, -0.2) is 85.6 Å². The number of rotatable bonds is 5. The third-order valence-electron chi connectivity index (χ3n) is 6.85. The summed E-state index contributed by atoms with van der Waals surface area (Å²) in [4.78, 5) is 22.0. The fraction of sp³-hybridized carbons (Fsp3) is 0.696. The van der Waals surface area contributed by atoms with E-state index in [1.165, 1.54) is 11.3 Å². The molecule has 28 heavy (non-hydrogen) atoms. The molecule has 5 nitrogen and oxygen atoms in total. The first-order valence-corrected chi connectivity index (χ1v) is 10.9. The number of benzene rings is 1. The second-order valence-electron chi connectivity index (χ2n) is 9.76. The highest BCUT2D eigenvalue weighted by atomic mass is 16.2. The summed E-state index contributed by atoms with van der Waals surface area (Å²) in [6.07, 6.45) is 0. The highest BCUT2D eigenvalue weighted by Crippen LogP contribution is 2.41. The number of carbonyl (C=O) groups is 1. The summed E-state index contributed by atoms with van der Waals surface area (Å²) in [5.74, 6) is 0.904. The predicted octanol–water partition coefficient (Wildman–Crippen LogP) is 2.48. The highest BCUT2D eigenvalue weighted by Gasteiger charge is 2.52. The SMILES string of the molecule is CC(C)c1ccc(N2CC3(CN(CC(=O)N4CCN(C(C)C)CC4)C3)C2)cc1. The summed E-state index contributed by atoms with van der Waals surface area (Å²) < 4.78 is 0. The van der Waals surface area contributed by atoms with E-state index in [-0.39, 0.29) is 0 Å². The number of hydrogen-bond acceptors (Lipinski definition) is 4. The molecule has 1 aromatic rings. The molecule has 0 bridgehead atoms. The van der Waals surface area contributed by atoms with Crippen molar-refractivity contribution >= 4 is 11.6 Å². The molecule has 154 valence electrons. The van der Waals surface area contributed by atoms with Gasteiger partial charge in [-0.3, -0.25) is 14.6 Å². The number of nitrogens with zero attached hydrogens (tertiary/aromatic N) is 4. The summed E-state index contributed by atoms with van der Waals surface area (Å²) in [5, 5.41) is 0. The van der Waals surface area contributed by atoms with Crippen molar-refractivity contribution in [2.45, 2.75) is 39.7 Å². The first-order valence-electron chi connectivity index (χ1n) is 10.9. The summed E-state index contributed by atoms with van der Waals surface area (Å²) in [6.45, 7) is 17.8. The number of carbonyl (C=O) groups excluding carboxylic acids is 1. The van der Waals surface area contributed by atoms with Gasteiger partial charge in [-0.05, 0) is 37.5 Å². The van der Waals surface area contributed by atoms with Gasteiger partial charge in [0.1, 0.15) is 0 Å². The van der Waals surface area contributed by atoms with E-state index in [0.717, 1.165) is 52.4 Å². The molecule has 3 aliphatic rings. The number of piperazine rings is 1. The van der Waals surface area contributed by atoms with E-state index >= 15 is 0 Å². The molecule has 3 saturated heterocycles. The Balaban J connectivity index is 1.19. The van der Waals surface area contributed by atoms with E-state index in [2.05, 4.69) is 71.6 Å². The van der Waals surface area contributed by atoms with Crippen molar-refractivity contribution in [2.24, 2.45) is 5.41 Å². The van der Waals surface area contributed by atoms with Gasteiger partial charge < -0.3 is 9.80 Å². The molecule has 0 radical (unpaired) electrons. The van der Waals surface area contributed by atoms with Gasteiger partial charge in [0.25, 0.3) is 0 Å². The highest BCUT2D eigenvalue weighted by molar-refractivity contribution is 5.78. The standard InChI is InChI=1S/C23H36N4O/c1-18(2)20-5-7-21(8-6-20)27-16-23(17-27)14-24(15-23)13-22(28)26-11-9-25(10-12-26)19(3)4/h5-8,18-19H,9-17H2,1-4H3. The Labute approximate surface area is 170 Å². The molecule has 0 saturated carbocycles. The lowest BCUT2D eigenvalue weighted by Crippen LogP contribution is -2.73. The Bertz CT molecular complexity index is 677. The van der Waals surface area contributed by atoms with Crippen LogP contribution in [0.2, 0.25) is 0 Å². The third-order valence-corrected chi connectivity index (χ3v) is 6.85. The van der Waals surface area contributed by atoms with Crippen LogP contribution in [-0.2, 0) is 4.79 Å². The Hall–Kier alpha value is -1.59. The first kappa shape index (κ1) is 19.7. The van der Waals surface area contributed by atoms with Crippen LogP contribution >= 0.6 is 0 Å².